The molecule has 0 bridgehead atoms. The zero-order chi connectivity index (χ0) is 20.3. The van der Waals surface area contributed by atoms with Crippen LogP contribution in [0.3, 0.4) is 0 Å². The molecule has 0 aromatic heterocycles. The minimum absolute atomic E-state index is 0.0664. The van der Waals surface area contributed by atoms with Gasteiger partial charge in [0.25, 0.3) is 15.9 Å². The first kappa shape index (κ1) is 20.5. The molecule has 144 valence electrons. The molecule has 3 rings (SSSR count). The molecule has 3 aromatic carbocycles. The molecule has 0 aliphatic heterocycles. The van der Waals surface area contributed by atoms with E-state index in [2.05, 4.69) is 10.0 Å². The number of carbonyl (C=O) groups is 1. The molecule has 0 aliphatic carbocycles. The molecule has 9 heteroatoms. The van der Waals surface area contributed by atoms with E-state index in [0.717, 1.165) is 0 Å². The van der Waals surface area contributed by atoms with Crippen molar-refractivity contribution in [3.8, 4) is 0 Å². The molecule has 0 radical (unpaired) electrons. The Bertz CT molecular complexity index is 1130. The van der Waals surface area contributed by atoms with Gasteiger partial charge in [-0.3, -0.25) is 9.52 Å². The van der Waals surface area contributed by atoms with Crippen LogP contribution in [0.1, 0.15) is 10.4 Å². The summed E-state index contributed by atoms with van der Waals surface area (Å²) in [6.07, 6.45) is 0. The van der Waals surface area contributed by atoms with Crippen molar-refractivity contribution in [3.05, 3.63) is 87.4 Å². The molecule has 0 heterocycles. The zero-order valence-corrected chi connectivity index (χ0v) is 17.2. The molecular formula is C19H13Cl3N2O3S. The molecule has 0 aliphatic rings. The Hall–Kier alpha value is -2.25. The van der Waals surface area contributed by atoms with Crippen LogP contribution in [-0.2, 0) is 10.0 Å². The summed E-state index contributed by atoms with van der Waals surface area (Å²) in [6, 6.07) is 16.6. The highest BCUT2D eigenvalue weighted by molar-refractivity contribution is 7.92. The van der Waals surface area contributed by atoms with E-state index in [1.54, 1.807) is 42.5 Å². The van der Waals surface area contributed by atoms with Gasteiger partial charge in [-0.15, -0.1) is 0 Å². The average molecular weight is 456 g/mol. The standard InChI is InChI=1S/C19H13Cl3N2O3S/c20-13-6-4-12(5-7-13)19(25)23-18-11-16(8-9-17(18)22)28(26,27)24-15-3-1-2-14(21)10-15/h1-11,24H,(H,23,25). The van der Waals surface area contributed by atoms with Crippen molar-refractivity contribution in [1.29, 1.82) is 0 Å². The Morgan fingerprint density at radius 3 is 2.21 bits per heavy atom. The van der Waals surface area contributed by atoms with Gasteiger partial charge in [0.05, 0.1) is 21.3 Å². The normalized spacial score (nSPS) is 11.1. The first-order chi connectivity index (χ1) is 13.2. The van der Waals surface area contributed by atoms with E-state index in [9.17, 15) is 13.2 Å². The zero-order valence-electron chi connectivity index (χ0n) is 14.1. The number of hydrogen-bond acceptors (Lipinski definition) is 3. The van der Waals surface area contributed by atoms with E-state index in [-0.39, 0.29) is 15.6 Å². The number of rotatable bonds is 5. The van der Waals surface area contributed by atoms with E-state index < -0.39 is 15.9 Å². The molecule has 0 saturated carbocycles. The number of carbonyl (C=O) groups excluding carboxylic acids is 1. The number of hydrogen-bond donors (Lipinski definition) is 2. The molecule has 5 nitrogen and oxygen atoms in total. The minimum Gasteiger partial charge on any atom is -0.321 e. The summed E-state index contributed by atoms with van der Waals surface area (Å²) in [4.78, 5) is 12.3. The summed E-state index contributed by atoms with van der Waals surface area (Å²) in [6.45, 7) is 0. The highest BCUT2D eigenvalue weighted by Crippen LogP contribution is 2.27. The number of halogens is 3. The third-order valence-corrected chi connectivity index (χ3v) is 5.88. The maximum Gasteiger partial charge on any atom is 0.261 e. The van der Waals surface area contributed by atoms with Gasteiger partial charge in [0, 0.05) is 15.6 Å². The number of benzene rings is 3. The number of anilines is 2. The second-order valence-corrected chi connectivity index (χ2v) is 8.68. The van der Waals surface area contributed by atoms with Crippen LogP contribution in [0.5, 0.6) is 0 Å². The van der Waals surface area contributed by atoms with Crippen molar-refractivity contribution >= 4 is 62.1 Å². The monoisotopic (exact) mass is 454 g/mol. The van der Waals surface area contributed by atoms with Gasteiger partial charge in [0.2, 0.25) is 0 Å². The van der Waals surface area contributed by atoms with Gasteiger partial charge >= 0.3 is 0 Å². The van der Waals surface area contributed by atoms with Gasteiger partial charge in [0.1, 0.15) is 0 Å². The molecule has 28 heavy (non-hydrogen) atoms. The van der Waals surface area contributed by atoms with Crippen molar-refractivity contribution in [2.24, 2.45) is 0 Å². The Labute approximate surface area is 177 Å². The Morgan fingerprint density at radius 1 is 0.821 bits per heavy atom. The maximum atomic E-state index is 12.6. The third kappa shape index (κ3) is 4.97. The molecule has 3 aromatic rings. The van der Waals surface area contributed by atoms with E-state index in [0.29, 0.717) is 21.3 Å². The van der Waals surface area contributed by atoms with Crippen LogP contribution in [-0.4, -0.2) is 14.3 Å². The van der Waals surface area contributed by atoms with Gasteiger partial charge in [-0.1, -0.05) is 40.9 Å². The summed E-state index contributed by atoms with van der Waals surface area (Å²) in [5.41, 5.74) is 0.829. The molecule has 0 saturated heterocycles. The quantitative estimate of drug-likeness (QED) is 0.518. The minimum atomic E-state index is -3.91. The maximum absolute atomic E-state index is 12.6. The summed E-state index contributed by atoms with van der Waals surface area (Å²) in [5.74, 6) is -0.448. The van der Waals surface area contributed by atoms with E-state index in [4.69, 9.17) is 34.8 Å². The van der Waals surface area contributed by atoms with Crippen molar-refractivity contribution < 1.29 is 13.2 Å². The fraction of sp³-hybridized carbons (Fsp3) is 0. The van der Waals surface area contributed by atoms with Crippen LogP contribution in [0.2, 0.25) is 15.1 Å². The summed E-state index contributed by atoms with van der Waals surface area (Å²) >= 11 is 17.8. The van der Waals surface area contributed by atoms with Crippen molar-refractivity contribution in [3.63, 3.8) is 0 Å². The van der Waals surface area contributed by atoms with Gasteiger partial charge in [0.15, 0.2) is 0 Å². The van der Waals surface area contributed by atoms with Crippen molar-refractivity contribution in [2.45, 2.75) is 4.90 Å². The van der Waals surface area contributed by atoms with Crippen LogP contribution in [0.15, 0.2) is 71.6 Å². The van der Waals surface area contributed by atoms with Gasteiger partial charge in [-0.05, 0) is 60.7 Å². The third-order valence-electron chi connectivity index (χ3n) is 3.68. The fourth-order valence-electron chi connectivity index (χ4n) is 2.33. The molecular weight excluding hydrogens is 443 g/mol. The average Bonchev–Trinajstić information content (AvgIpc) is 2.63. The molecule has 0 spiro atoms. The van der Waals surface area contributed by atoms with Gasteiger partial charge < -0.3 is 5.32 Å². The first-order valence-corrected chi connectivity index (χ1v) is 10.5. The largest absolute Gasteiger partial charge is 0.321 e. The highest BCUT2D eigenvalue weighted by Gasteiger charge is 2.17. The smallest absolute Gasteiger partial charge is 0.261 e. The van der Waals surface area contributed by atoms with Crippen LogP contribution >= 0.6 is 34.8 Å². The second kappa shape index (κ2) is 8.41. The van der Waals surface area contributed by atoms with E-state index >= 15 is 0 Å². The van der Waals surface area contributed by atoms with E-state index in [1.807, 2.05) is 0 Å². The highest BCUT2D eigenvalue weighted by atomic mass is 35.5. The lowest BCUT2D eigenvalue weighted by Gasteiger charge is -2.12. The fourth-order valence-corrected chi connectivity index (χ4v) is 3.89. The second-order valence-electron chi connectivity index (χ2n) is 5.72. The summed E-state index contributed by atoms with van der Waals surface area (Å²) in [5, 5.41) is 3.69. The Morgan fingerprint density at radius 2 is 1.54 bits per heavy atom. The van der Waals surface area contributed by atoms with Gasteiger partial charge in [-0.25, -0.2) is 8.42 Å². The number of nitrogens with one attached hydrogen (secondary N) is 2. The van der Waals surface area contributed by atoms with Crippen LogP contribution in [0.25, 0.3) is 0 Å². The predicted molar refractivity (Wildman–Crippen MR) is 113 cm³/mol. The molecule has 1 amide bonds. The Balaban J connectivity index is 1.86. The molecule has 0 unspecified atom stereocenters. The van der Waals surface area contributed by atoms with Crippen molar-refractivity contribution in [1.82, 2.24) is 0 Å². The van der Waals surface area contributed by atoms with Crippen molar-refractivity contribution in [2.75, 3.05) is 10.0 Å². The lowest BCUT2D eigenvalue weighted by molar-refractivity contribution is 0.102. The van der Waals surface area contributed by atoms with Crippen LogP contribution in [0.4, 0.5) is 11.4 Å². The van der Waals surface area contributed by atoms with Gasteiger partial charge in [-0.2, -0.15) is 0 Å². The number of sulfonamides is 1. The Kier molecular flexibility index (Phi) is 6.15. The van der Waals surface area contributed by atoms with Crippen LogP contribution < -0.4 is 10.0 Å². The lowest BCUT2D eigenvalue weighted by Crippen LogP contribution is -2.15. The molecule has 2 N–H and O–H groups in total. The molecule has 0 fully saturated rings. The molecule has 0 atom stereocenters. The topological polar surface area (TPSA) is 75.3 Å². The van der Waals surface area contributed by atoms with E-state index in [1.165, 1.54) is 24.3 Å². The number of amides is 1. The lowest BCUT2D eigenvalue weighted by atomic mass is 10.2. The summed E-state index contributed by atoms with van der Waals surface area (Å²) < 4.78 is 27.7. The van der Waals surface area contributed by atoms with Crippen LogP contribution in [0, 0.1) is 0 Å². The summed E-state index contributed by atoms with van der Waals surface area (Å²) in [7, 11) is -3.91. The first-order valence-electron chi connectivity index (χ1n) is 7.89. The SMILES string of the molecule is O=C(Nc1cc(S(=O)(=O)Nc2cccc(Cl)c2)ccc1Cl)c1ccc(Cl)cc1. The predicted octanol–water partition coefficient (Wildman–Crippen LogP) is 5.70.